The van der Waals surface area contributed by atoms with Gasteiger partial charge < -0.3 is 4.74 Å². The molecule has 4 rings (SSSR count). The third kappa shape index (κ3) is 3.58. The van der Waals surface area contributed by atoms with E-state index in [9.17, 15) is 19.7 Å². The Labute approximate surface area is 166 Å². The SMILES string of the molecule is O=C1c2cccc([N+](=O)[O-])c2C(=O)N1Cc1cccc(OCc2ccccc2)c1. The fourth-order valence-corrected chi connectivity index (χ4v) is 3.27. The zero-order chi connectivity index (χ0) is 20.4. The highest BCUT2D eigenvalue weighted by Crippen LogP contribution is 2.32. The first kappa shape index (κ1) is 18.4. The Morgan fingerprint density at radius 2 is 1.59 bits per heavy atom. The first-order chi connectivity index (χ1) is 14.0. The molecule has 29 heavy (non-hydrogen) atoms. The number of rotatable bonds is 6. The van der Waals surface area contributed by atoms with E-state index >= 15 is 0 Å². The van der Waals surface area contributed by atoms with Gasteiger partial charge in [0.1, 0.15) is 17.9 Å². The highest BCUT2D eigenvalue weighted by molar-refractivity contribution is 6.23. The van der Waals surface area contributed by atoms with E-state index in [0.29, 0.717) is 17.9 Å². The van der Waals surface area contributed by atoms with Crippen LogP contribution in [0.3, 0.4) is 0 Å². The van der Waals surface area contributed by atoms with E-state index in [1.165, 1.54) is 18.2 Å². The molecule has 2 amide bonds. The number of hydrogen-bond acceptors (Lipinski definition) is 5. The average Bonchev–Trinajstić information content (AvgIpc) is 2.98. The van der Waals surface area contributed by atoms with Gasteiger partial charge in [-0.25, -0.2) is 0 Å². The first-order valence-corrected chi connectivity index (χ1v) is 8.94. The lowest BCUT2D eigenvalue weighted by molar-refractivity contribution is -0.385. The summed E-state index contributed by atoms with van der Waals surface area (Å²) in [7, 11) is 0. The van der Waals surface area contributed by atoms with E-state index in [-0.39, 0.29) is 23.4 Å². The van der Waals surface area contributed by atoms with Crippen molar-refractivity contribution >= 4 is 17.5 Å². The molecule has 0 fully saturated rings. The van der Waals surface area contributed by atoms with E-state index < -0.39 is 16.7 Å². The van der Waals surface area contributed by atoms with Crippen molar-refractivity contribution in [2.45, 2.75) is 13.2 Å². The summed E-state index contributed by atoms with van der Waals surface area (Å²) in [5, 5.41) is 11.2. The lowest BCUT2D eigenvalue weighted by atomic mass is 10.1. The molecule has 3 aromatic carbocycles. The summed E-state index contributed by atoms with van der Waals surface area (Å²) in [5.41, 5.74) is 1.25. The van der Waals surface area contributed by atoms with Crippen molar-refractivity contribution in [2.24, 2.45) is 0 Å². The molecular weight excluding hydrogens is 372 g/mol. The maximum absolute atomic E-state index is 12.7. The van der Waals surface area contributed by atoms with Crippen LogP contribution in [0.5, 0.6) is 5.75 Å². The molecule has 7 nitrogen and oxygen atoms in total. The van der Waals surface area contributed by atoms with E-state index in [0.717, 1.165) is 10.5 Å². The summed E-state index contributed by atoms with van der Waals surface area (Å²) in [5.74, 6) is -0.592. The lowest BCUT2D eigenvalue weighted by Crippen LogP contribution is -2.29. The normalized spacial score (nSPS) is 12.8. The van der Waals surface area contributed by atoms with Gasteiger partial charge in [-0.15, -0.1) is 0 Å². The molecule has 0 aliphatic carbocycles. The van der Waals surface area contributed by atoms with Gasteiger partial charge in [0.15, 0.2) is 0 Å². The molecule has 0 unspecified atom stereocenters. The second-order valence-electron chi connectivity index (χ2n) is 6.57. The van der Waals surface area contributed by atoms with Gasteiger partial charge in [0.25, 0.3) is 17.5 Å². The minimum absolute atomic E-state index is 0.00599. The summed E-state index contributed by atoms with van der Waals surface area (Å²) >= 11 is 0. The van der Waals surface area contributed by atoms with Crippen molar-refractivity contribution in [2.75, 3.05) is 0 Å². The van der Waals surface area contributed by atoms with E-state index in [1.54, 1.807) is 24.3 Å². The number of amides is 2. The number of nitro benzene ring substituents is 1. The molecule has 1 aliphatic heterocycles. The molecule has 0 N–H and O–H groups in total. The van der Waals surface area contributed by atoms with Crippen LogP contribution in [-0.4, -0.2) is 21.6 Å². The van der Waals surface area contributed by atoms with Crippen molar-refractivity contribution in [3.8, 4) is 5.75 Å². The monoisotopic (exact) mass is 388 g/mol. The Morgan fingerprint density at radius 3 is 2.34 bits per heavy atom. The highest BCUT2D eigenvalue weighted by Gasteiger charge is 2.40. The van der Waals surface area contributed by atoms with Gasteiger partial charge in [-0.1, -0.05) is 48.5 Å². The molecule has 1 aliphatic rings. The first-order valence-electron chi connectivity index (χ1n) is 8.94. The molecule has 1 heterocycles. The van der Waals surface area contributed by atoms with Gasteiger partial charge in [-0.2, -0.15) is 0 Å². The predicted molar refractivity (Wildman–Crippen MR) is 105 cm³/mol. The van der Waals surface area contributed by atoms with Crippen LogP contribution in [0.2, 0.25) is 0 Å². The third-order valence-electron chi connectivity index (χ3n) is 4.66. The zero-order valence-corrected chi connectivity index (χ0v) is 15.3. The van der Waals surface area contributed by atoms with Gasteiger partial charge in [0.05, 0.1) is 17.0 Å². The van der Waals surface area contributed by atoms with Crippen molar-refractivity contribution in [3.63, 3.8) is 0 Å². The molecule has 144 valence electrons. The fraction of sp³-hybridized carbons (Fsp3) is 0.0909. The molecule has 3 aromatic rings. The Morgan fingerprint density at radius 1 is 0.862 bits per heavy atom. The van der Waals surface area contributed by atoms with E-state index in [4.69, 9.17) is 4.74 Å². The predicted octanol–water partition coefficient (Wildman–Crippen LogP) is 3.97. The van der Waals surface area contributed by atoms with E-state index in [1.807, 2.05) is 30.3 Å². The maximum atomic E-state index is 12.7. The second kappa shape index (κ2) is 7.55. The number of nitrogens with zero attached hydrogens (tertiary/aromatic N) is 2. The fourth-order valence-electron chi connectivity index (χ4n) is 3.27. The van der Waals surface area contributed by atoms with Crippen LogP contribution in [0.25, 0.3) is 0 Å². The Hall–Kier alpha value is -4.00. The van der Waals surface area contributed by atoms with Gasteiger partial charge in [-0.05, 0) is 29.3 Å². The number of carbonyl (C=O) groups is 2. The van der Waals surface area contributed by atoms with Crippen molar-refractivity contribution in [1.82, 2.24) is 4.90 Å². The van der Waals surface area contributed by atoms with Crippen molar-refractivity contribution in [1.29, 1.82) is 0 Å². The van der Waals surface area contributed by atoms with Gasteiger partial charge in [0, 0.05) is 6.07 Å². The Bertz CT molecular complexity index is 1110. The molecule has 0 saturated carbocycles. The van der Waals surface area contributed by atoms with E-state index in [2.05, 4.69) is 0 Å². The highest BCUT2D eigenvalue weighted by atomic mass is 16.6. The van der Waals surface area contributed by atoms with Crippen LogP contribution < -0.4 is 4.74 Å². The minimum atomic E-state index is -0.659. The number of fused-ring (bicyclic) bond motifs is 1. The van der Waals surface area contributed by atoms with Crippen LogP contribution in [-0.2, 0) is 13.2 Å². The topological polar surface area (TPSA) is 89.8 Å². The maximum Gasteiger partial charge on any atom is 0.282 e. The van der Waals surface area contributed by atoms with Crippen LogP contribution >= 0.6 is 0 Å². The molecule has 0 atom stereocenters. The Kier molecular flexibility index (Phi) is 4.78. The summed E-state index contributed by atoms with van der Waals surface area (Å²) in [6, 6.07) is 20.8. The summed E-state index contributed by atoms with van der Waals surface area (Å²) in [6.45, 7) is 0.398. The van der Waals surface area contributed by atoms with Crippen LogP contribution in [0.1, 0.15) is 31.8 Å². The van der Waals surface area contributed by atoms with Gasteiger partial charge in [0.2, 0.25) is 0 Å². The molecule has 0 spiro atoms. The molecule has 0 aromatic heterocycles. The van der Waals surface area contributed by atoms with Crippen molar-refractivity contribution in [3.05, 3.63) is 105 Å². The molecule has 0 radical (unpaired) electrons. The smallest absolute Gasteiger partial charge is 0.282 e. The zero-order valence-electron chi connectivity index (χ0n) is 15.3. The molecular formula is C22H16N2O5. The number of ether oxygens (including phenoxy) is 1. The summed E-state index contributed by atoms with van der Waals surface area (Å²) < 4.78 is 5.79. The van der Waals surface area contributed by atoms with Gasteiger partial charge in [-0.3, -0.25) is 24.6 Å². The number of imide groups is 1. The molecule has 7 heteroatoms. The number of hydrogen-bond donors (Lipinski definition) is 0. The largest absolute Gasteiger partial charge is 0.489 e. The molecule has 0 saturated heterocycles. The van der Waals surface area contributed by atoms with Crippen molar-refractivity contribution < 1.29 is 19.2 Å². The number of benzene rings is 3. The Balaban J connectivity index is 1.53. The minimum Gasteiger partial charge on any atom is -0.489 e. The van der Waals surface area contributed by atoms with Crippen LogP contribution in [0.15, 0.2) is 72.8 Å². The average molecular weight is 388 g/mol. The van der Waals surface area contributed by atoms with Gasteiger partial charge >= 0.3 is 0 Å². The van der Waals surface area contributed by atoms with Crippen LogP contribution in [0.4, 0.5) is 5.69 Å². The molecule has 0 bridgehead atoms. The number of carbonyl (C=O) groups excluding carboxylic acids is 2. The standard InChI is InChI=1S/C22H16N2O5/c25-21-18-10-5-11-19(24(27)28)20(18)22(26)23(21)13-16-8-4-9-17(12-16)29-14-15-6-2-1-3-7-15/h1-12H,13-14H2. The second-order valence-corrected chi connectivity index (χ2v) is 6.57. The third-order valence-corrected chi connectivity index (χ3v) is 4.66. The summed E-state index contributed by atoms with van der Waals surface area (Å²) in [6.07, 6.45) is 0. The lowest BCUT2D eigenvalue weighted by Gasteiger charge is -2.15. The summed E-state index contributed by atoms with van der Waals surface area (Å²) in [4.78, 5) is 36.9. The van der Waals surface area contributed by atoms with Crippen LogP contribution in [0, 0.1) is 10.1 Å². The number of nitro groups is 1. The quantitative estimate of drug-likeness (QED) is 0.362.